The van der Waals surface area contributed by atoms with Crippen LogP contribution in [0.1, 0.15) is 42.4 Å². The lowest BCUT2D eigenvalue weighted by Gasteiger charge is -2.52. The number of phenols is 1. The first-order valence-electron chi connectivity index (χ1n) is 9.26. The van der Waals surface area contributed by atoms with Gasteiger partial charge in [-0.15, -0.1) is 0 Å². The van der Waals surface area contributed by atoms with Crippen molar-refractivity contribution >= 4 is 11.6 Å². The molecule has 4 rings (SSSR count). The number of aromatic hydroxyl groups is 1. The summed E-state index contributed by atoms with van der Waals surface area (Å²) in [5.74, 6) is 3.51. The van der Waals surface area contributed by atoms with E-state index >= 15 is 0 Å². The highest BCUT2D eigenvalue weighted by Gasteiger charge is 2.51. The Morgan fingerprint density at radius 2 is 1.92 bits per heavy atom. The third kappa shape index (κ3) is 3.00. The summed E-state index contributed by atoms with van der Waals surface area (Å²) in [5.41, 5.74) is 2.87. The molecule has 2 N–H and O–H groups in total. The van der Waals surface area contributed by atoms with E-state index in [1.165, 1.54) is 16.7 Å². The number of fused-ring (bicyclic) bond motifs is 3. The zero-order chi connectivity index (χ0) is 18.2. The van der Waals surface area contributed by atoms with Gasteiger partial charge in [0.15, 0.2) is 0 Å². The van der Waals surface area contributed by atoms with Crippen LogP contribution in [0.3, 0.4) is 0 Å². The number of rotatable bonds is 2. The van der Waals surface area contributed by atoms with E-state index in [-0.39, 0.29) is 5.41 Å². The molecular weight excluding hydrogens is 344 g/mol. The molecule has 1 saturated carbocycles. The van der Waals surface area contributed by atoms with E-state index in [1.54, 1.807) is 6.07 Å². The summed E-state index contributed by atoms with van der Waals surface area (Å²) in [5, 5.41) is 23.2. The lowest BCUT2D eigenvalue weighted by molar-refractivity contribution is -0.00796. The minimum absolute atomic E-state index is 0.0249. The Kier molecular flexibility index (Phi) is 4.47. The van der Waals surface area contributed by atoms with Crippen molar-refractivity contribution in [2.75, 3.05) is 0 Å². The fraction of sp³-hybridized carbons (Fsp3) is 0.391. The summed E-state index contributed by atoms with van der Waals surface area (Å²) in [6, 6.07) is 16.4. The predicted molar refractivity (Wildman–Crippen MR) is 104 cm³/mol. The number of benzene rings is 2. The quantitative estimate of drug-likeness (QED) is 0.765. The summed E-state index contributed by atoms with van der Waals surface area (Å²) in [6.07, 6.45) is 5.01. The number of aryl methyl sites for hydroxylation is 1. The lowest BCUT2D eigenvalue weighted by Crippen LogP contribution is -2.50. The molecule has 0 aliphatic heterocycles. The van der Waals surface area contributed by atoms with Crippen LogP contribution >= 0.6 is 11.6 Å². The molecule has 3 atom stereocenters. The summed E-state index contributed by atoms with van der Waals surface area (Å²) in [7, 11) is 0. The molecule has 0 spiro atoms. The monoisotopic (exact) mass is 366 g/mol. The predicted octanol–water partition coefficient (Wildman–Crippen LogP) is 4.55. The van der Waals surface area contributed by atoms with Crippen LogP contribution in [-0.2, 0) is 18.3 Å². The minimum Gasteiger partial charge on any atom is -0.508 e. The maximum atomic E-state index is 10.9. The SMILES string of the molecule is Oc1ccc2c(c1)CC[C@@H]1C[C@](O)(C#CCl)CC[C@@]21Cc1ccccc1. The number of hydrogen-bond acceptors (Lipinski definition) is 2. The maximum absolute atomic E-state index is 10.9. The molecule has 2 aromatic rings. The second kappa shape index (κ2) is 6.65. The van der Waals surface area contributed by atoms with Gasteiger partial charge >= 0.3 is 0 Å². The molecule has 0 unspecified atom stereocenters. The van der Waals surface area contributed by atoms with Crippen LogP contribution in [-0.4, -0.2) is 15.8 Å². The molecule has 0 amide bonds. The van der Waals surface area contributed by atoms with Crippen LogP contribution in [0, 0.1) is 17.2 Å². The molecule has 0 radical (unpaired) electrons. The fourth-order valence-corrected chi connectivity index (χ4v) is 5.34. The largest absolute Gasteiger partial charge is 0.508 e. The van der Waals surface area contributed by atoms with Crippen LogP contribution in [0.25, 0.3) is 0 Å². The molecular formula is C23H23ClO2. The molecule has 0 bridgehead atoms. The van der Waals surface area contributed by atoms with Gasteiger partial charge in [0.2, 0.25) is 0 Å². The van der Waals surface area contributed by atoms with E-state index in [0.717, 1.165) is 25.7 Å². The highest BCUT2D eigenvalue weighted by Crippen LogP contribution is 2.54. The molecule has 0 heterocycles. The lowest BCUT2D eigenvalue weighted by atomic mass is 9.53. The van der Waals surface area contributed by atoms with Crippen molar-refractivity contribution in [1.82, 2.24) is 0 Å². The molecule has 2 aliphatic rings. The van der Waals surface area contributed by atoms with Gasteiger partial charge in [-0.2, -0.15) is 0 Å². The fourth-order valence-electron chi connectivity index (χ4n) is 5.16. The molecule has 0 saturated heterocycles. The summed E-state index contributed by atoms with van der Waals surface area (Å²) >= 11 is 5.61. The first-order valence-corrected chi connectivity index (χ1v) is 9.64. The highest BCUT2D eigenvalue weighted by molar-refractivity contribution is 6.30. The van der Waals surface area contributed by atoms with Gasteiger partial charge in [0.25, 0.3) is 0 Å². The third-order valence-corrected chi connectivity index (χ3v) is 6.47. The van der Waals surface area contributed by atoms with Gasteiger partial charge in [0.05, 0.1) is 0 Å². The molecule has 26 heavy (non-hydrogen) atoms. The van der Waals surface area contributed by atoms with Crippen LogP contribution in [0.2, 0.25) is 0 Å². The van der Waals surface area contributed by atoms with Gasteiger partial charge in [-0.25, -0.2) is 0 Å². The summed E-state index contributed by atoms with van der Waals surface area (Å²) in [6.45, 7) is 0. The van der Waals surface area contributed by atoms with Crippen molar-refractivity contribution in [3.8, 4) is 17.0 Å². The van der Waals surface area contributed by atoms with E-state index in [2.05, 4.69) is 41.6 Å². The molecule has 2 aliphatic carbocycles. The van der Waals surface area contributed by atoms with Crippen molar-refractivity contribution in [3.05, 3.63) is 65.2 Å². The van der Waals surface area contributed by atoms with E-state index in [9.17, 15) is 10.2 Å². The number of halogens is 1. The Morgan fingerprint density at radius 1 is 1.12 bits per heavy atom. The van der Waals surface area contributed by atoms with Gasteiger partial charge in [-0.1, -0.05) is 42.3 Å². The van der Waals surface area contributed by atoms with Crippen molar-refractivity contribution in [3.63, 3.8) is 0 Å². The smallest absolute Gasteiger partial charge is 0.127 e. The second-order valence-electron chi connectivity index (χ2n) is 7.85. The van der Waals surface area contributed by atoms with E-state index in [0.29, 0.717) is 24.5 Å². The Balaban J connectivity index is 1.79. The zero-order valence-corrected chi connectivity index (χ0v) is 15.5. The summed E-state index contributed by atoms with van der Waals surface area (Å²) < 4.78 is 0. The number of hydrogen-bond donors (Lipinski definition) is 2. The van der Waals surface area contributed by atoms with Crippen molar-refractivity contribution in [2.24, 2.45) is 5.92 Å². The van der Waals surface area contributed by atoms with E-state index < -0.39 is 5.60 Å². The molecule has 1 fully saturated rings. The first-order chi connectivity index (χ1) is 12.5. The van der Waals surface area contributed by atoms with Crippen molar-refractivity contribution in [2.45, 2.75) is 49.5 Å². The van der Waals surface area contributed by atoms with Crippen LogP contribution < -0.4 is 0 Å². The number of phenolic OH excluding ortho intramolecular Hbond substituents is 1. The Bertz CT molecular complexity index is 867. The van der Waals surface area contributed by atoms with E-state index in [4.69, 9.17) is 11.6 Å². The average molecular weight is 367 g/mol. The van der Waals surface area contributed by atoms with Gasteiger partial charge in [0.1, 0.15) is 11.4 Å². The topological polar surface area (TPSA) is 40.5 Å². The highest BCUT2D eigenvalue weighted by atomic mass is 35.5. The second-order valence-corrected chi connectivity index (χ2v) is 8.04. The van der Waals surface area contributed by atoms with Gasteiger partial charge in [-0.3, -0.25) is 0 Å². The average Bonchev–Trinajstić information content (AvgIpc) is 2.63. The first kappa shape index (κ1) is 17.5. The van der Waals surface area contributed by atoms with Gasteiger partial charge in [-0.05, 0) is 84.9 Å². The molecule has 134 valence electrons. The Hall–Kier alpha value is -1.95. The molecule has 2 nitrogen and oxygen atoms in total. The molecule has 2 aromatic carbocycles. The Morgan fingerprint density at radius 3 is 2.69 bits per heavy atom. The van der Waals surface area contributed by atoms with Gasteiger partial charge in [0, 0.05) is 10.8 Å². The molecule has 0 aromatic heterocycles. The van der Waals surface area contributed by atoms with E-state index in [1.807, 2.05) is 12.1 Å². The minimum atomic E-state index is -0.985. The van der Waals surface area contributed by atoms with Crippen molar-refractivity contribution < 1.29 is 10.2 Å². The number of aliphatic hydroxyl groups is 1. The van der Waals surface area contributed by atoms with Gasteiger partial charge < -0.3 is 10.2 Å². The maximum Gasteiger partial charge on any atom is 0.127 e. The zero-order valence-electron chi connectivity index (χ0n) is 14.7. The van der Waals surface area contributed by atoms with Crippen LogP contribution in [0.5, 0.6) is 5.75 Å². The summed E-state index contributed by atoms with van der Waals surface area (Å²) in [4.78, 5) is 0. The third-order valence-electron chi connectivity index (χ3n) is 6.38. The van der Waals surface area contributed by atoms with Crippen LogP contribution in [0.4, 0.5) is 0 Å². The van der Waals surface area contributed by atoms with Crippen molar-refractivity contribution in [1.29, 1.82) is 0 Å². The molecule has 3 heteroatoms. The Labute approximate surface area is 159 Å². The standard InChI is InChI=1S/C23H23ClO2/c24-13-12-22(26)10-11-23(15-17-4-2-1-3-5-17)19(16-22)7-6-18-14-20(25)8-9-21(18)23/h1-5,8-9,14,19,25-26H,6-7,10-11,15-16H2/t19-,22-,23+/m1/s1. The van der Waals surface area contributed by atoms with Crippen LogP contribution in [0.15, 0.2) is 48.5 Å². The normalized spacial score (nSPS) is 29.8.